The fourth-order valence-corrected chi connectivity index (χ4v) is 0.993. The number of allylic oxidation sites excluding steroid dienone is 6. The van der Waals surface area contributed by atoms with Crippen molar-refractivity contribution in [1.82, 2.24) is 0 Å². The molecule has 0 fully saturated rings. The predicted molar refractivity (Wildman–Crippen MR) is 53.0 cm³/mol. The van der Waals surface area contributed by atoms with Gasteiger partial charge in [0.1, 0.15) is 0 Å². The molecule has 0 aliphatic carbocycles. The molecule has 0 amide bonds. The van der Waals surface area contributed by atoms with E-state index in [2.05, 4.69) is 0 Å². The average Bonchev–Trinajstić information content (AvgIpc) is 2.10. The van der Waals surface area contributed by atoms with Crippen LogP contribution in [0.1, 0.15) is 27.2 Å². The summed E-state index contributed by atoms with van der Waals surface area (Å²) >= 11 is 0. The van der Waals surface area contributed by atoms with E-state index >= 15 is 0 Å². The quantitative estimate of drug-likeness (QED) is 0.597. The summed E-state index contributed by atoms with van der Waals surface area (Å²) in [4.78, 5) is 0. The fourth-order valence-electron chi connectivity index (χ4n) is 0.993. The Balaban J connectivity index is 5.01. The summed E-state index contributed by atoms with van der Waals surface area (Å²) in [6.07, 6.45) is 1.68. The number of halogens is 3. The zero-order chi connectivity index (χ0) is 11.2. The van der Waals surface area contributed by atoms with Crippen molar-refractivity contribution in [2.24, 2.45) is 0 Å². The van der Waals surface area contributed by atoms with Crippen LogP contribution in [-0.4, -0.2) is 6.18 Å². The lowest BCUT2D eigenvalue weighted by atomic mass is 10.1. The van der Waals surface area contributed by atoms with Crippen molar-refractivity contribution in [2.75, 3.05) is 0 Å². The third-order valence-corrected chi connectivity index (χ3v) is 1.79. The van der Waals surface area contributed by atoms with E-state index in [0.29, 0.717) is 12.0 Å². The molecule has 0 rings (SSSR count). The third-order valence-electron chi connectivity index (χ3n) is 1.79. The minimum Gasteiger partial charge on any atom is -0.166 e. The maximum atomic E-state index is 12.4. The van der Waals surface area contributed by atoms with Crippen molar-refractivity contribution < 1.29 is 13.2 Å². The van der Waals surface area contributed by atoms with E-state index in [4.69, 9.17) is 0 Å². The van der Waals surface area contributed by atoms with E-state index < -0.39 is 11.7 Å². The van der Waals surface area contributed by atoms with Crippen molar-refractivity contribution >= 4 is 0 Å². The third kappa shape index (κ3) is 4.30. The van der Waals surface area contributed by atoms with Crippen molar-refractivity contribution in [2.45, 2.75) is 33.4 Å². The summed E-state index contributed by atoms with van der Waals surface area (Å²) in [5.74, 6) is 0. The molecule has 0 radical (unpaired) electrons. The highest BCUT2D eigenvalue weighted by Gasteiger charge is 2.31. The summed E-state index contributed by atoms with van der Waals surface area (Å²) in [6.45, 7) is 5.13. The Hall–Kier alpha value is -0.990. The molecule has 0 spiro atoms. The van der Waals surface area contributed by atoms with E-state index in [0.717, 1.165) is 6.08 Å². The first kappa shape index (κ1) is 13.0. The highest BCUT2D eigenvalue weighted by molar-refractivity contribution is 5.32. The van der Waals surface area contributed by atoms with Crippen LogP contribution in [0, 0.1) is 0 Å². The van der Waals surface area contributed by atoms with Crippen LogP contribution in [0.15, 0.2) is 35.5 Å². The van der Waals surface area contributed by atoms with Crippen LogP contribution in [0.2, 0.25) is 0 Å². The average molecular weight is 204 g/mol. The van der Waals surface area contributed by atoms with E-state index in [1.807, 2.05) is 6.92 Å². The molecule has 0 N–H and O–H groups in total. The van der Waals surface area contributed by atoms with Crippen molar-refractivity contribution in [3.05, 3.63) is 35.5 Å². The van der Waals surface area contributed by atoms with E-state index in [1.165, 1.54) is 12.2 Å². The molecule has 0 atom stereocenters. The van der Waals surface area contributed by atoms with Crippen LogP contribution in [0.5, 0.6) is 0 Å². The number of alkyl halides is 3. The zero-order valence-electron chi connectivity index (χ0n) is 8.65. The van der Waals surface area contributed by atoms with Gasteiger partial charge in [-0.3, -0.25) is 0 Å². The van der Waals surface area contributed by atoms with Gasteiger partial charge in [0, 0.05) is 0 Å². The summed E-state index contributed by atoms with van der Waals surface area (Å²) in [6, 6.07) is 0. The normalized spacial score (nSPS) is 15.3. The van der Waals surface area contributed by atoms with Crippen LogP contribution in [-0.2, 0) is 0 Å². The maximum Gasteiger partial charge on any atom is 0.416 e. The van der Waals surface area contributed by atoms with Crippen LogP contribution < -0.4 is 0 Å². The van der Waals surface area contributed by atoms with Gasteiger partial charge in [0.2, 0.25) is 0 Å². The SMILES string of the molecule is C\C=C/C(=C\C(=C/C)CC)C(F)(F)F. The topological polar surface area (TPSA) is 0 Å². The van der Waals surface area contributed by atoms with Gasteiger partial charge in [-0.1, -0.05) is 30.7 Å². The molecule has 0 bridgehead atoms. The van der Waals surface area contributed by atoms with Crippen LogP contribution in [0.25, 0.3) is 0 Å². The molecule has 0 aliphatic heterocycles. The molecule has 0 aromatic rings. The van der Waals surface area contributed by atoms with Crippen molar-refractivity contribution in [3.63, 3.8) is 0 Å². The molecule has 0 saturated heterocycles. The summed E-state index contributed by atoms with van der Waals surface area (Å²) in [7, 11) is 0. The molecular formula is C11H15F3. The Kier molecular flexibility index (Phi) is 5.28. The molecule has 3 heteroatoms. The van der Waals surface area contributed by atoms with Gasteiger partial charge in [-0.15, -0.1) is 0 Å². The molecule has 0 saturated carbocycles. The number of rotatable bonds is 3. The lowest BCUT2D eigenvalue weighted by Crippen LogP contribution is -2.10. The molecule has 80 valence electrons. The second kappa shape index (κ2) is 5.68. The second-order valence-electron chi connectivity index (χ2n) is 2.81. The first-order chi connectivity index (χ1) is 6.45. The van der Waals surface area contributed by atoms with Gasteiger partial charge >= 0.3 is 6.18 Å². The lowest BCUT2D eigenvalue weighted by Gasteiger charge is -2.08. The molecule has 0 aromatic carbocycles. The number of hydrogen-bond acceptors (Lipinski definition) is 0. The summed E-state index contributed by atoms with van der Waals surface area (Å²) in [5.41, 5.74) is 0.0883. The highest BCUT2D eigenvalue weighted by atomic mass is 19.4. The van der Waals surface area contributed by atoms with E-state index in [1.54, 1.807) is 19.9 Å². The molecule has 0 aromatic heterocycles. The first-order valence-corrected chi connectivity index (χ1v) is 4.52. The predicted octanol–water partition coefficient (Wildman–Crippen LogP) is 4.41. The minimum absolute atomic E-state index is 0.602. The maximum absolute atomic E-state index is 12.4. The smallest absolute Gasteiger partial charge is 0.166 e. The highest BCUT2D eigenvalue weighted by Crippen LogP contribution is 2.28. The standard InChI is InChI=1S/C11H15F3/c1-4-7-10(11(12,13)14)8-9(5-2)6-3/h4-5,7-8H,6H2,1-3H3/b7-4-,9-5-,10-8+. The zero-order valence-corrected chi connectivity index (χ0v) is 8.65. The van der Waals surface area contributed by atoms with Crippen LogP contribution in [0.3, 0.4) is 0 Å². The Morgan fingerprint density at radius 2 is 1.79 bits per heavy atom. The van der Waals surface area contributed by atoms with Crippen molar-refractivity contribution in [3.8, 4) is 0 Å². The molecular weight excluding hydrogens is 189 g/mol. The Morgan fingerprint density at radius 3 is 2.07 bits per heavy atom. The Labute approximate surface area is 82.8 Å². The summed E-state index contributed by atoms with van der Waals surface area (Å²) < 4.78 is 37.2. The van der Waals surface area contributed by atoms with Gasteiger partial charge in [-0.25, -0.2) is 0 Å². The van der Waals surface area contributed by atoms with Gasteiger partial charge < -0.3 is 0 Å². The Morgan fingerprint density at radius 1 is 1.21 bits per heavy atom. The van der Waals surface area contributed by atoms with Crippen molar-refractivity contribution in [1.29, 1.82) is 0 Å². The first-order valence-electron chi connectivity index (χ1n) is 4.52. The molecule has 14 heavy (non-hydrogen) atoms. The Bertz CT molecular complexity index is 254. The number of hydrogen-bond donors (Lipinski definition) is 0. The molecule has 0 heterocycles. The fraction of sp³-hybridized carbons (Fsp3) is 0.455. The van der Waals surface area contributed by atoms with E-state index in [-0.39, 0.29) is 0 Å². The lowest BCUT2D eigenvalue weighted by molar-refractivity contribution is -0.0882. The van der Waals surface area contributed by atoms with Gasteiger partial charge in [0.05, 0.1) is 5.57 Å². The minimum atomic E-state index is -4.27. The van der Waals surface area contributed by atoms with Crippen LogP contribution >= 0.6 is 0 Å². The van der Waals surface area contributed by atoms with Gasteiger partial charge in [-0.2, -0.15) is 13.2 Å². The summed E-state index contributed by atoms with van der Waals surface area (Å²) in [5, 5.41) is 0. The van der Waals surface area contributed by atoms with Gasteiger partial charge in [0.15, 0.2) is 0 Å². The second-order valence-corrected chi connectivity index (χ2v) is 2.81. The molecule has 0 unspecified atom stereocenters. The molecule has 0 aliphatic rings. The van der Waals surface area contributed by atoms with E-state index in [9.17, 15) is 13.2 Å². The largest absolute Gasteiger partial charge is 0.416 e. The van der Waals surface area contributed by atoms with Crippen LogP contribution in [0.4, 0.5) is 13.2 Å². The monoisotopic (exact) mass is 204 g/mol. The van der Waals surface area contributed by atoms with Gasteiger partial charge in [0.25, 0.3) is 0 Å². The van der Waals surface area contributed by atoms with Gasteiger partial charge in [-0.05, 0) is 26.3 Å². The molecule has 0 nitrogen and oxygen atoms in total.